The van der Waals surface area contributed by atoms with E-state index in [-0.39, 0.29) is 6.42 Å². The molecule has 1 rings (SSSR count). The predicted octanol–water partition coefficient (Wildman–Crippen LogP) is 4.06. The summed E-state index contributed by atoms with van der Waals surface area (Å²) in [6.45, 7) is 5.15. The van der Waals surface area contributed by atoms with Crippen LogP contribution in [0.15, 0.2) is 30.3 Å². The molecule has 0 radical (unpaired) electrons. The van der Waals surface area contributed by atoms with Gasteiger partial charge in [0, 0.05) is 6.42 Å². The summed E-state index contributed by atoms with van der Waals surface area (Å²) < 4.78 is 3.02. The highest BCUT2D eigenvalue weighted by Crippen LogP contribution is 2.29. The van der Waals surface area contributed by atoms with E-state index in [1.165, 1.54) is 0 Å². The molecule has 1 atom stereocenters. The van der Waals surface area contributed by atoms with E-state index in [4.69, 9.17) is 39.5 Å². The zero-order chi connectivity index (χ0) is 17.0. The number of rotatable bonds is 4. The molecule has 0 aliphatic heterocycles. The molecule has 0 saturated carbocycles. The van der Waals surface area contributed by atoms with Crippen molar-refractivity contribution in [3.8, 4) is 0 Å². The van der Waals surface area contributed by atoms with Crippen LogP contribution in [-0.2, 0) is 16.0 Å². The number of alkyl halides is 3. The minimum Gasteiger partial charge on any atom is -0.444 e. The Bertz CT molecular complexity index is 521. The van der Waals surface area contributed by atoms with Gasteiger partial charge < -0.3 is 10.1 Å². The van der Waals surface area contributed by atoms with Gasteiger partial charge in [-0.15, -0.1) is 0 Å². The number of amides is 1. The number of hydrogen-bond donors (Lipinski definition) is 1. The van der Waals surface area contributed by atoms with Crippen LogP contribution in [0.5, 0.6) is 0 Å². The average Bonchev–Trinajstić information content (AvgIpc) is 2.35. The second-order valence-corrected chi connectivity index (χ2v) is 8.03. The van der Waals surface area contributed by atoms with Gasteiger partial charge in [0.25, 0.3) is 3.79 Å². The minimum absolute atomic E-state index is 0.201. The Hall–Kier alpha value is -0.970. The maximum Gasteiger partial charge on any atom is 0.408 e. The first-order valence-corrected chi connectivity index (χ1v) is 7.77. The molecule has 0 unspecified atom stereocenters. The SMILES string of the molecule is CC(C)(C)OC(=O)N[C@@H](Cc1ccccc1)C(=O)C(Cl)(Cl)Cl. The lowest BCUT2D eigenvalue weighted by Crippen LogP contribution is -2.48. The topological polar surface area (TPSA) is 55.4 Å². The highest BCUT2D eigenvalue weighted by atomic mass is 35.6. The highest BCUT2D eigenvalue weighted by molar-refractivity contribution is 6.76. The molecule has 0 heterocycles. The lowest BCUT2D eigenvalue weighted by molar-refractivity contribution is -0.120. The Morgan fingerprint density at radius 1 is 1.14 bits per heavy atom. The zero-order valence-corrected chi connectivity index (χ0v) is 14.8. The molecular formula is C15H18Cl3NO3. The van der Waals surface area contributed by atoms with E-state index in [1.54, 1.807) is 20.8 Å². The number of nitrogens with one attached hydrogen (secondary N) is 1. The number of hydrogen-bond acceptors (Lipinski definition) is 3. The van der Waals surface area contributed by atoms with Gasteiger partial charge in [-0.05, 0) is 26.3 Å². The number of carbonyl (C=O) groups is 2. The van der Waals surface area contributed by atoms with E-state index in [0.29, 0.717) is 0 Å². The largest absolute Gasteiger partial charge is 0.444 e. The van der Waals surface area contributed by atoms with Crippen LogP contribution in [-0.4, -0.2) is 27.3 Å². The van der Waals surface area contributed by atoms with Crippen molar-refractivity contribution in [3.05, 3.63) is 35.9 Å². The number of alkyl carbamates (subject to hydrolysis) is 1. The van der Waals surface area contributed by atoms with Crippen LogP contribution in [0.2, 0.25) is 0 Å². The quantitative estimate of drug-likeness (QED) is 0.818. The third kappa shape index (κ3) is 6.86. The van der Waals surface area contributed by atoms with Gasteiger partial charge in [-0.2, -0.15) is 0 Å². The van der Waals surface area contributed by atoms with Crippen LogP contribution in [0.4, 0.5) is 4.79 Å². The third-order valence-corrected chi connectivity index (χ3v) is 3.13. The van der Waals surface area contributed by atoms with Crippen molar-refractivity contribution in [1.29, 1.82) is 0 Å². The van der Waals surface area contributed by atoms with E-state index in [1.807, 2.05) is 30.3 Å². The Kier molecular flexibility index (Phi) is 6.53. The summed E-state index contributed by atoms with van der Waals surface area (Å²) >= 11 is 17.0. The summed E-state index contributed by atoms with van der Waals surface area (Å²) in [7, 11) is 0. The predicted molar refractivity (Wildman–Crippen MR) is 88.6 cm³/mol. The Morgan fingerprint density at radius 2 is 1.68 bits per heavy atom. The first-order valence-electron chi connectivity index (χ1n) is 6.63. The molecule has 4 nitrogen and oxygen atoms in total. The fraction of sp³-hybridized carbons (Fsp3) is 0.467. The van der Waals surface area contributed by atoms with Crippen LogP contribution in [0.25, 0.3) is 0 Å². The molecule has 0 aliphatic carbocycles. The molecule has 1 amide bonds. The van der Waals surface area contributed by atoms with E-state index in [0.717, 1.165) is 5.56 Å². The summed E-state index contributed by atoms with van der Waals surface area (Å²) in [5, 5.41) is 2.46. The molecule has 0 bridgehead atoms. The van der Waals surface area contributed by atoms with E-state index < -0.39 is 27.3 Å². The van der Waals surface area contributed by atoms with Crippen molar-refractivity contribution >= 4 is 46.7 Å². The summed E-state index contributed by atoms with van der Waals surface area (Å²) in [5.74, 6) is -0.716. The molecule has 1 aromatic carbocycles. The normalized spacial score (nSPS) is 13.4. The Labute approximate surface area is 145 Å². The smallest absolute Gasteiger partial charge is 0.408 e. The van der Waals surface area contributed by atoms with Gasteiger partial charge in [-0.3, -0.25) is 4.79 Å². The Balaban J connectivity index is 2.88. The highest BCUT2D eigenvalue weighted by Gasteiger charge is 2.38. The monoisotopic (exact) mass is 365 g/mol. The number of carbonyl (C=O) groups excluding carboxylic acids is 2. The van der Waals surface area contributed by atoms with Crippen molar-refractivity contribution in [1.82, 2.24) is 5.32 Å². The minimum atomic E-state index is -2.12. The van der Waals surface area contributed by atoms with Gasteiger partial charge in [0.05, 0.1) is 6.04 Å². The van der Waals surface area contributed by atoms with Gasteiger partial charge in [-0.25, -0.2) is 4.79 Å². The molecule has 1 aromatic rings. The number of halogens is 3. The van der Waals surface area contributed by atoms with Crippen molar-refractivity contribution in [2.45, 2.75) is 42.6 Å². The van der Waals surface area contributed by atoms with Crippen LogP contribution < -0.4 is 5.32 Å². The molecule has 0 saturated heterocycles. The first kappa shape index (κ1) is 19.1. The van der Waals surface area contributed by atoms with Crippen molar-refractivity contribution in [2.24, 2.45) is 0 Å². The van der Waals surface area contributed by atoms with Crippen molar-refractivity contribution in [3.63, 3.8) is 0 Å². The van der Waals surface area contributed by atoms with Crippen LogP contribution in [0.1, 0.15) is 26.3 Å². The molecule has 7 heteroatoms. The summed E-state index contributed by atoms with van der Waals surface area (Å²) in [4.78, 5) is 24.1. The fourth-order valence-electron chi connectivity index (χ4n) is 1.71. The second kappa shape index (κ2) is 7.53. The van der Waals surface area contributed by atoms with Crippen LogP contribution in [0.3, 0.4) is 0 Å². The molecule has 0 aromatic heterocycles. The lowest BCUT2D eigenvalue weighted by Gasteiger charge is -2.24. The number of ketones is 1. The molecule has 122 valence electrons. The Morgan fingerprint density at radius 3 is 2.14 bits per heavy atom. The molecule has 0 fully saturated rings. The standard InChI is InChI=1S/C15H18Cl3NO3/c1-14(2,3)22-13(21)19-11(12(20)15(16,17)18)9-10-7-5-4-6-8-10/h4-8,11H,9H2,1-3H3,(H,19,21)/t11-/m0/s1. The maximum absolute atomic E-state index is 12.2. The zero-order valence-electron chi connectivity index (χ0n) is 12.5. The molecule has 0 spiro atoms. The van der Waals surface area contributed by atoms with Gasteiger partial charge in [0.1, 0.15) is 5.60 Å². The van der Waals surface area contributed by atoms with Gasteiger partial charge in [-0.1, -0.05) is 65.1 Å². The van der Waals surface area contributed by atoms with E-state index >= 15 is 0 Å². The summed E-state index contributed by atoms with van der Waals surface area (Å²) in [5.41, 5.74) is 0.135. The van der Waals surface area contributed by atoms with Gasteiger partial charge in [0.2, 0.25) is 5.78 Å². The average molecular weight is 367 g/mol. The molecule has 22 heavy (non-hydrogen) atoms. The second-order valence-electron chi connectivity index (χ2n) is 5.75. The van der Waals surface area contributed by atoms with Crippen LogP contribution in [0, 0.1) is 0 Å². The first-order chi connectivity index (χ1) is 9.99. The van der Waals surface area contributed by atoms with Gasteiger partial charge >= 0.3 is 6.09 Å². The van der Waals surface area contributed by atoms with Crippen LogP contribution >= 0.6 is 34.8 Å². The summed E-state index contributed by atoms with van der Waals surface area (Å²) in [6, 6.07) is 8.12. The molecule has 1 N–H and O–H groups in total. The summed E-state index contributed by atoms with van der Waals surface area (Å²) in [6.07, 6.45) is -0.539. The molecular weight excluding hydrogens is 349 g/mol. The van der Waals surface area contributed by atoms with E-state index in [9.17, 15) is 9.59 Å². The number of Topliss-reactive ketones (excluding diaryl/α,β-unsaturated/α-hetero) is 1. The fourth-order valence-corrected chi connectivity index (χ4v) is 2.10. The number of ether oxygens (including phenoxy) is 1. The third-order valence-electron chi connectivity index (χ3n) is 2.57. The molecule has 0 aliphatic rings. The van der Waals surface area contributed by atoms with Crippen molar-refractivity contribution < 1.29 is 14.3 Å². The van der Waals surface area contributed by atoms with Gasteiger partial charge in [0.15, 0.2) is 0 Å². The maximum atomic E-state index is 12.2. The lowest BCUT2D eigenvalue weighted by atomic mass is 10.0. The number of benzene rings is 1. The van der Waals surface area contributed by atoms with Crippen molar-refractivity contribution in [2.75, 3.05) is 0 Å². The van der Waals surface area contributed by atoms with E-state index in [2.05, 4.69) is 5.32 Å².